The number of nitrogens with one attached hydrogen (secondary N) is 2. The molecule has 6 heteroatoms. The summed E-state index contributed by atoms with van der Waals surface area (Å²) in [6, 6.07) is 5.84. The Hall–Kier alpha value is -1.95. The second kappa shape index (κ2) is 9.15. The molecule has 0 unspecified atom stereocenters. The van der Waals surface area contributed by atoms with Crippen LogP contribution in [0.3, 0.4) is 0 Å². The quantitative estimate of drug-likeness (QED) is 0.710. The normalized spacial score (nSPS) is 12.0. The molecule has 0 saturated carbocycles. The maximum absolute atomic E-state index is 13.0. The van der Waals surface area contributed by atoms with Crippen molar-refractivity contribution < 1.29 is 19.3 Å². The Kier molecular flexibility index (Phi) is 7.52. The Balaban J connectivity index is 2.52. The number of rotatable bonds is 7. The summed E-state index contributed by atoms with van der Waals surface area (Å²) in [5, 5.41) is 6.74. The van der Waals surface area contributed by atoms with E-state index in [1.807, 2.05) is 26.1 Å². The van der Waals surface area contributed by atoms with Crippen LogP contribution < -0.4 is 16.0 Å². The monoisotopic (exact) mass is 310 g/mol. The average Bonchev–Trinajstić information content (AvgIpc) is 2.46. The first-order chi connectivity index (χ1) is 10.4. The number of halogens is 1. The van der Waals surface area contributed by atoms with E-state index in [-0.39, 0.29) is 30.2 Å². The minimum absolute atomic E-state index is 0.0325. The second-order valence-corrected chi connectivity index (χ2v) is 5.57. The number of hydrogen-bond acceptors (Lipinski definition) is 2. The van der Waals surface area contributed by atoms with Crippen LogP contribution in [0.5, 0.6) is 0 Å². The molecular formula is C16H25FN3O2+. The van der Waals surface area contributed by atoms with Crippen molar-refractivity contribution in [2.75, 3.05) is 13.1 Å². The van der Waals surface area contributed by atoms with E-state index in [4.69, 9.17) is 0 Å². The molecule has 1 atom stereocenters. The van der Waals surface area contributed by atoms with Crippen LogP contribution in [0.2, 0.25) is 0 Å². The van der Waals surface area contributed by atoms with Gasteiger partial charge in [0.25, 0.3) is 5.91 Å². The fourth-order valence-corrected chi connectivity index (χ4v) is 2.17. The van der Waals surface area contributed by atoms with Crippen molar-refractivity contribution in [3.8, 4) is 0 Å². The van der Waals surface area contributed by atoms with E-state index >= 15 is 0 Å². The predicted octanol–water partition coefficient (Wildman–Crippen LogP) is 1.32. The van der Waals surface area contributed by atoms with Crippen LogP contribution in [0.4, 0.5) is 9.18 Å². The molecule has 0 aliphatic carbocycles. The molecule has 0 aliphatic heterocycles. The van der Waals surface area contributed by atoms with E-state index in [0.717, 1.165) is 12.0 Å². The molecule has 1 aromatic rings. The van der Waals surface area contributed by atoms with Gasteiger partial charge in [-0.25, -0.2) is 9.18 Å². The second-order valence-electron chi connectivity index (χ2n) is 5.57. The summed E-state index contributed by atoms with van der Waals surface area (Å²) < 4.78 is 13.0. The summed E-state index contributed by atoms with van der Waals surface area (Å²) in [6.07, 6.45) is 0.813. The highest BCUT2D eigenvalue weighted by Gasteiger charge is 2.21. The number of carbonyl (C=O) groups is 2. The molecular weight excluding hydrogens is 285 g/mol. The van der Waals surface area contributed by atoms with E-state index in [1.54, 1.807) is 12.1 Å². The Morgan fingerprint density at radius 1 is 1.23 bits per heavy atom. The molecule has 0 saturated heterocycles. The number of urea groups is 1. The molecule has 1 aromatic carbocycles. The van der Waals surface area contributed by atoms with Crippen LogP contribution in [0, 0.1) is 11.7 Å². The van der Waals surface area contributed by atoms with E-state index in [1.165, 1.54) is 12.1 Å². The highest BCUT2D eigenvalue weighted by Crippen LogP contribution is 2.17. The zero-order valence-corrected chi connectivity index (χ0v) is 13.4. The van der Waals surface area contributed by atoms with E-state index in [0.29, 0.717) is 6.54 Å². The van der Waals surface area contributed by atoms with Crippen LogP contribution in [0.25, 0.3) is 0 Å². The Labute approximate surface area is 130 Å². The van der Waals surface area contributed by atoms with Gasteiger partial charge in [-0.15, -0.1) is 0 Å². The Morgan fingerprint density at radius 3 is 2.41 bits per heavy atom. The van der Waals surface area contributed by atoms with E-state index < -0.39 is 6.03 Å². The number of amides is 3. The molecule has 4 N–H and O–H groups in total. The summed E-state index contributed by atoms with van der Waals surface area (Å²) in [5.41, 5.74) is 0.958. The summed E-state index contributed by atoms with van der Waals surface area (Å²) in [6.45, 7) is 6.69. The first kappa shape index (κ1) is 18.1. The van der Waals surface area contributed by atoms with Gasteiger partial charge in [0.2, 0.25) is 0 Å². The SMILES string of the molecule is CCCNC(=O)NC(=O)C[NH2+][C@H](c1ccc(F)cc1)C(C)C. The molecule has 0 spiro atoms. The molecule has 0 heterocycles. The van der Waals surface area contributed by atoms with Gasteiger partial charge in [-0.2, -0.15) is 0 Å². The zero-order valence-electron chi connectivity index (χ0n) is 13.4. The van der Waals surface area contributed by atoms with Crippen LogP contribution >= 0.6 is 0 Å². The lowest BCUT2D eigenvalue weighted by Gasteiger charge is -2.19. The van der Waals surface area contributed by atoms with Crippen molar-refractivity contribution in [3.05, 3.63) is 35.6 Å². The van der Waals surface area contributed by atoms with Crippen LogP contribution in [0.15, 0.2) is 24.3 Å². The third-order valence-electron chi connectivity index (χ3n) is 3.32. The molecule has 0 fully saturated rings. The van der Waals surface area contributed by atoms with Crippen LogP contribution in [-0.4, -0.2) is 25.0 Å². The smallest absolute Gasteiger partial charge is 0.321 e. The average molecular weight is 310 g/mol. The predicted molar refractivity (Wildman–Crippen MR) is 82.6 cm³/mol. The highest BCUT2D eigenvalue weighted by molar-refractivity contribution is 5.94. The number of imide groups is 1. The fourth-order valence-electron chi connectivity index (χ4n) is 2.17. The molecule has 0 aromatic heterocycles. The van der Waals surface area contributed by atoms with Gasteiger partial charge in [0.05, 0.1) is 0 Å². The van der Waals surface area contributed by atoms with Gasteiger partial charge >= 0.3 is 6.03 Å². The van der Waals surface area contributed by atoms with E-state index in [9.17, 15) is 14.0 Å². The summed E-state index contributed by atoms with van der Waals surface area (Å²) in [4.78, 5) is 23.2. The molecule has 0 radical (unpaired) electrons. The van der Waals surface area contributed by atoms with Crippen LogP contribution in [0.1, 0.15) is 38.8 Å². The number of quaternary nitrogens is 1. The van der Waals surface area contributed by atoms with Crippen molar-refractivity contribution >= 4 is 11.9 Å². The van der Waals surface area contributed by atoms with Gasteiger partial charge in [0.1, 0.15) is 11.9 Å². The van der Waals surface area contributed by atoms with Crippen molar-refractivity contribution in [1.82, 2.24) is 10.6 Å². The van der Waals surface area contributed by atoms with E-state index in [2.05, 4.69) is 10.6 Å². The molecule has 3 amide bonds. The lowest BCUT2D eigenvalue weighted by atomic mass is 9.96. The third kappa shape index (κ3) is 6.22. The summed E-state index contributed by atoms with van der Waals surface area (Å²) >= 11 is 0. The third-order valence-corrected chi connectivity index (χ3v) is 3.32. The molecule has 0 bridgehead atoms. The lowest BCUT2D eigenvalue weighted by Crippen LogP contribution is -2.88. The maximum atomic E-state index is 13.0. The number of carbonyl (C=O) groups excluding carboxylic acids is 2. The Bertz CT molecular complexity index is 489. The highest BCUT2D eigenvalue weighted by atomic mass is 19.1. The molecule has 22 heavy (non-hydrogen) atoms. The topological polar surface area (TPSA) is 74.8 Å². The van der Waals surface area contributed by atoms with Crippen LogP contribution in [-0.2, 0) is 4.79 Å². The summed E-state index contributed by atoms with van der Waals surface area (Å²) in [7, 11) is 0. The molecule has 122 valence electrons. The van der Waals surface area contributed by atoms with Gasteiger partial charge in [-0.05, 0) is 18.6 Å². The fraction of sp³-hybridized carbons (Fsp3) is 0.500. The lowest BCUT2D eigenvalue weighted by molar-refractivity contribution is -0.692. The number of nitrogens with two attached hydrogens (primary N) is 1. The molecule has 1 rings (SSSR count). The van der Waals surface area contributed by atoms with Crippen molar-refractivity contribution in [2.45, 2.75) is 33.2 Å². The summed E-state index contributed by atoms with van der Waals surface area (Å²) in [5.74, 6) is -0.356. The van der Waals surface area contributed by atoms with Gasteiger partial charge in [0.15, 0.2) is 6.54 Å². The van der Waals surface area contributed by atoms with Crippen molar-refractivity contribution in [3.63, 3.8) is 0 Å². The largest absolute Gasteiger partial charge is 0.338 e. The zero-order chi connectivity index (χ0) is 16.5. The van der Waals surface area contributed by atoms with Gasteiger partial charge in [0, 0.05) is 18.0 Å². The van der Waals surface area contributed by atoms with Gasteiger partial charge < -0.3 is 10.6 Å². The minimum Gasteiger partial charge on any atom is -0.338 e. The number of benzene rings is 1. The molecule has 0 aliphatic rings. The first-order valence-electron chi connectivity index (χ1n) is 7.60. The van der Waals surface area contributed by atoms with Crippen molar-refractivity contribution in [1.29, 1.82) is 0 Å². The number of hydrogen-bond donors (Lipinski definition) is 3. The standard InChI is InChI=1S/C16H24FN3O2/c1-4-9-18-16(22)20-14(21)10-19-15(11(2)3)12-5-7-13(17)8-6-12/h5-8,11,15,19H,4,9-10H2,1-3H3,(H2,18,20,21,22)/p+1/t15-/m0/s1. The maximum Gasteiger partial charge on any atom is 0.321 e. The minimum atomic E-state index is -0.469. The first-order valence-corrected chi connectivity index (χ1v) is 7.60. The Morgan fingerprint density at radius 2 is 1.86 bits per heavy atom. The van der Waals surface area contributed by atoms with Crippen molar-refractivity contribution in [2.24, 2.45) is 5.92 Å². The van der Waals surface area contributed by atoms with Gasteiger partial charge in [-0.1, -0.05) is 32.9 Å². The molecule has 5 nitrogen and oxygen atoms in total. The van der Waals surface area contributed by atoms with Gasteiger partial charge in [-0.3, -0.25) is 10.1 Å².